The summed E-state index contributed by atoms with van der Waals surface area (Å²) >= 11 is 5.79. The molecular formula is C18H15ClF3N3O3. The van der Waals surface area contributed by atoms with E-state index in [-0.39, 0.29) is 29.3 Å². The number of halogens is 4. The topological polar surface area (TPSA) is 90.8 Å². The number of hydrogen-bond acceptors (Lipinski definition) is 4. The van der Waals surface area contributed by atoms with Gasteiger partial charge < -0.3 is 10.4 Å². The van der Waals surface area contributed by atoms with Gasteiger partial charge in [0.1, 0.15) is 5.75 Å². The fourth-order valence-corrected chi connectivity index (χ4v) is 2.20. The number of amides is 2. The molecule has 0 aliphatic heterocycles. The highest BCUT2D eigenvalue weighted by molar-refractivity contribution is 6.33. The number of phenols is 1. The Hall–Kier alpha value is -3.07. The maximum absolute atomic E-state index is 12.7. The van der Waals surface area contributed by atoms with Crippen molar-refractivity contribution in [3.63, 3.8) is 0 Å². The molecule has 2 amide bonds. The van der Waals surface area contributed by atoms with Crippen LogP contribution in [0.4, 0.5) is 18.9 Å². The molecule has 6 nitrogen and oxygen atoms in total. The fourth-order valence-electron chi connectivity index (χ4n) is 2.03. The molecule has 0 heterocycles. The van der Waals surface area contributed by atoms with Crippen molar-refractivity contribution in [2.75, 3.05) is 5.32 Å². The molecule has 3 N–H and O–H groups in total. The number of hydrazone groups is 1. The molecule has 2 aromatic rings. The van der Waals surface area contributed by atoms with Crippen LogP contribution in [0, 0.1) is 0 Å². The minimum atomic E-state index is -4.57. The van der Waals surface area contributed by atoms with Crippen molar-refractivity contribution in [2.45, 2.75) is 19.0 Å². The van der Waals surface area contributed by atoms with Crippen LogP contribution in [0.15, 0.2) is 47.6 Å². The highest BCUT2D eigenvalue weighted by Gasteiger charge is 2.31. The molecule has 148 valence electrons. The summed E-state index contributed by atoms with van der Waals surface area (Å²) in [5.74, 6) is -1.13. The SMILES string of the molecule is O=C(CCC(=O)Nc1cc(C(F)(F)F)ccc1Cl)N/N=C/c1ccc(O)cc1. The average molecular weight is 414 g/mol. The van der Waals surface area contributed by atoms with Crippen LogP contribution in [0.2, 0.25) is 5.02 Å². The molecular weight excluding hydrogens is 399 g/mol. The molecule has 2 aromatic carbocycles. The van der Waals surface area contributed by atoms with Crippen molar-refractivity contribution in [1.29, 1.82) is 0 Å². The van der Waals surface area contributed by atoms with Crippen LogP contribution in [-0.4, -0.2) is 23.1 Å². The number of nitrogens with zero attached hydrogens (tertiary/aromatic N) is 1. The van der Waals surface area contributed by atoms with E-state index in [1.165, 1.54) is 18.3 Å². The van der Waals surface area contributed by atoms with Gasteiger partial charge in [-0.25, -0.2) is 5.43 Å². The quantitative estimate of drug-likeness (QED) is 0.495. The van der Waals surface area contributed by atoms with Crippen LogP contribution in [0.5, 0.6) is 5.75 Å². The molecule has 0 saturated carbocycles. The van der Waals surface area contributed by atoms with Gasteiger partial charge in [0, 0.05) is 12.8 Å². The third-order valence-corrected chi connectivity index (χ3v) is 3.77. The molecule has 0 saturated heterocycles. The van der Waals surface area contributed by atoms with Gasteiger partial charge in [-0.05, 0) is 48.0 Å². The lowest BCUT2D eigenvalue weighted by Gasteiger charge is -2.11. The van der Waals surface area contributed by atoms with Crippen LogP contribution in [0.3, 0.4) is 0 Å². The van der Waals surface area contributed by atoms with E-state index in [2.05, 4.69) is 15.8 Å². The molecule has 0 radical (unpaired) electrons. The standard InChI is InChI=1S/C18H15ClF3N3O3/c19-14-6-3-12(18(20,21)22)9-15(14)24-16(27)7-8-17(28)25-23-10-11-1-4-13(26)5-2-11/h1-6,9-10,26H,7-8H2,(H,24,27)(H,25,28)/b23-10+. The first-order valence-corrected chi connectivity index (χ1v) is 8.30. The number of hydrogen-bond donors (Lipinski definition) is 3. The van der Waals surface area contributed by atoms with Gasteiger partial charge in [0.15, 0.2) is 0 Å². The fraction of sp³-hybridized carbons (Fsp3) is 0.167. The van der Waals surface area contributed by atoms with Crippen molar-refractivity contribution in [1.82, 2.24) is 5.43 Å². The Kier molecular flexibility index (Phi) is 7.00. The Labute approximate surface area is 163 Å². The predicted octanol–water partition coefficient (Wildman–Crippen LogP) is 3.93. The number of carbonyl (C=O) groups is 2. The molecule has 0 fully saturated rings. The summed E-state index contributed by atoms with van der Waals surface area (Å²) in [6, 6.07) is 8.62. The molecule has 0 aliphatic rings. The van der Waals surface area contributed by atoms with Crippen LogP contribution < -0.4 is 10.7 Å². The first-order valence-electron chi connectivity index (χ1n) is 7.92. The number of rotatable bonds is 6. The predicted molar refractivity (Wildman–Crippen MR) is 98.2 cm³/mol. The normalized spacial score (nSPS) is 11.4. The van der Waals surface area contributed by atoms with Crippen LogP contribution in [0.1, 0.15) is 24.0 Å². The highest BCUT2D eigenvalue weighted by Crippen LogP contribution is 2.33. The zero-order chi connectivity index (χ0) is 20.7. The van der Waals surface area contributed by atoms with E-state index in [1.54, 1.807) is 12.1 Å². The lowest BCUT2D eigenvalue weighted by atomic mass is 10.2. The van der Waals surface area contributed by atoms with Crippen molar-refractivity contribution in [3.8, 4) is 5.75 Å². The average Bonchev–Trinajstić information content (AvgIpc) is 2.62. The second kappa shape index (κ2) is 9.23. The van der Waals surface area contributed by atoms with Crippen LogP contribution in [-0.2, 0) is 15.8 Å². The van der Waals surface area contributed by atoms with E-state index >= 15 is 0 Å². The minimum absolute atomic E-state index is 0.0516. The maximum Gasteiger partial charge on any atom is 0.416 e. The lowest BCUT2D eigenvalue weighted by Crippen LogP contribution is -2.21. The molecule has 0 bridgehead atoms. The Balaban J connectivity index is 1.83. The summed E-state index contributed by atoms with van der Waals surface area (Å²) in [7, 11) is 0. The van der Waals surface area contributed by atoms with Gasteiger partial charge in [-0.2, -0.15) is 18.3 Å². The van der Waals surface area contributed by atoms with Gasteiger partial charge in [-0.3, -0.25) is 9.59 Å². The summed E-state index contributed by atoms with van der Waals surface area (Å²) in [5, 5.41) is 15.1. The van der Waals surface area contributed by atoms with E-state index in [1.807, 2.05) is 0 Å². The van der Waals surface area contributed by atoms with Crippen molar-refractivity contribution >= 4 is 35.3 Å². The Morgan fingerprint density at radius 1 is 1.07 bits per heavy atom. The second-order valence-corrected chi connectivity index (χ2v) is 6.03. The van der Waals surface area contributed by atoms with E-state index in [0.29, 0.717) is 5.56 Å². The van der Waals surface area contributed by atoms with Crippen molar-refractivity contribution < 1.29 is 27.9 Å². The number of nitrogens with one attached hydrogen (secondary N) is 2. The summed E-state index contributed by atoms with van der Waals surface area (Å²) < 4.78 is 38.2. The zero-order valence-electron chi connectivity index (χ0n) is 14.3. The minimum Gasteiger partial charge on any atom is -0.508 e. The van der Waals surface area contributed by atoms with Gasteiger partial charge in [0.2, 0.25) is 11.8 Å². The molecule has 28 heavy (non-hydrogen) atoms. The lowest BCUT2D eigenvalue weighted by molar-refractivity contribution is -0.137. The summed E-state index contributed by atoms with van der Waals surface area (Å²) in [6.45, 7) is 0. The number of anilines is 1. The van der Waals surface area contributed by atoms with Crippen LogP contribution >= 0.6 is 11.6 Å². The van der Waals surface area contributed by atoms with E-state index in [9.17, 15) is 22.8 Å². The van der Waals surface area contributed by atoms with Crippen LogP contribution in [0.25, 0.3) is 0 Å². The largest absolute Gasteiger partial charge is 0.508 e. The molecule has 2 rings (SSSR count). The molecule has 0 spiro atoms. The Bertz CT molecular complexity index is 884. The first kappa shape index (κ1) is 21.2. The third-order valence-electron chi connectivity index (χ3n) is 3.44. The van der Waals surface area contributed by atoms with E-state index in [0.717, 1.165) is 18.2 Å². The Morgan fingerprint density at radius 2 is 1.71 bits per heavy atom. The van der Waals surface area contributed by atoms with Gasteiger partial charge in [-0.15, -0.1) is 0 Å². The number of aromatic hydroxyl groups is 1. The summed E-state index contributed by atoms with van der Waals surface area (Å²) in [4.78, 5) is 23.5. The molecule has 0 unspecified atom stereocenters. The highest BCUT2D eigenvalue weighted by atomic mass is 35.5. The molecule has 0 aliphatic carbocycles. The van der Waals surface area contributed by atoms with Gasteiger partial charge in [-0.1, -0.05) is 11.6 Å². The number of alkyl halides is 3. The van der Waals surface area contributed by atoms with E-state index in [4.69, 9.17) is 16.7 Å². The number of carbonyl (C=O) groups excluding carboxylic acids is 2. The van der Waals surface area contributed by atoms with E-state index < -0.39 is 23.6 Å². The summed E-state index contributed by atoms with van der Waals surface area (Å²) in [6.07, 6.45) is -3.72. The van der Waals surface area contributed by atoms with Crippen molar-refractivity contribution in [2.24, 2.45) is 5.10 Å². The Morgan fingerprint density at radius 3 is 2.36 bits per heavy atom. The molecule has 0 aromatic heterocycles. The summed E-state index contributed by atoms with van der Waals surface area (Å²) in [5.41, 5.74) is 1.71. The van der Waals surface area contributed by atoms with Gasteiger partial charge in [0.25, 0.3) is 0 Å². The van der Waals surface area contributed by atoms with Gasteiger partial charge in [0.05, 0.1) is 22.5 Å². The molecule has 10 heteroatoms. The monoisotopic (exact) mass is 413 g/mol. The maximum atomic E-state index is 12.7. The van der Waals surface area contributed by atoms with Gasteiger partial charge >= 0.3 is 6.18 Å². The van der Waals surface area contributed by atoms with Crippen molar-refractivity contribution in [3.05, 3.63) is 58.6 Å². The first-order chi connectivity index (χ1) is 13.1. The third kappa shape index (κ3) is 6.58. The number of phenolic OH excluding ortho intramolecular Hbond substituents is 1. The second-order valence-electron chi connectivity index (χ2n) is 5.63. The number of benzene rings is 2. The zero-order valence-corrected chi connectivity index (χ0v) is 15.0. The smallest absolute Gasteiger partial charge is 0.416 e. The molecule has 0 atom stereocenters.